The summed E-state index contributed by atoms with van der Waals surface area (Å²) in [5.74, 6) is 2.60. The van der Waals surface area contributed by atoms with Gasteiger partial charge in [0.25, 0.3) is 0 Å². The molecule has 0 N–H and O–H groups in total. The van der Waals surface area contributed by atoms with Gasteiger partial charge in [0.15, 0.2) is 0 Å². The number of rotatable bonds is 4. The molecule has 0 aromatic carbocycles. The second-order valence-corrected chi connectivity index (χ2v) is 5.71. The van der Waals surface area contributed by atoms with Crippen molar-refractivity contribution in [2.45, 2.75) is 46.5 Å². The van der Waals surface area contributed by atoms with Gasteiger partial charge >= 0.3 is 0 Å². The Hall–Kier alpha value is -1.12. The first kappa shape index (κ1) is 13.3. The van der Waals surface area contributed by atoms with E-state index in [2.05, 4.69) is 35.6 Å². The van der Waals surface area contributed by atoms with Gasteiger partial charge in [-0.2, -0.15) is 0 Å². The van der Waals surface area contributed by atoms with Gasteiger partial charge in [-0.25, -0.2) is 9.97 Å². The molecule has 100 valence electrons. The highest BCUT2D eigenvalue weighted by molar-refractivity contribution is 5.30. The Morgan fingerprint density at radius 1 is 1.22 bits per heavy atom. The number of aromatic nitrogens is 2. The van der Waals surface area contributed by atoms with Crippen LogP contribution in [0.25, 0.3) is 0 Å². The maximum Gasteiger partial charge on any atom is 0.225 e. The first-order valence-electron chi connectivity index (χ1n) is 7.26. The minimum atomic E-state index is 0.806. The Morgan fingerprint density at radius 3 is 2.33 bits per heavy atom. The fourth-order valence-corrected chi connectivity index (χ4v) is 2.70. The van der Waals surface area contributed by atoms with Crippen molar-refractivity contribution in [3.05, 3.63) is 18.0 Å². The highest BCUT2D eigenvalue weighted by Crippen LogP contribution is 2.26. The maximum absolute atomic E-state index is 4.51. The number of piperidine rings is 1. The Morgan fingerprint density at radius 2 is 1.83 bits per heavy atom. The smallest absolute Gasteiger partial charge is 0.225 e. The molecule has 0 unspecified atom stereocenters. The topological polar surface area (TPSA) is 29.0 Å². The van der Waals surface area contributed by atoms with Crippen molar-refractivity contribution in [1.82, 2.24) is 9.97 Å². The number of hydrogen-bond acceptors (Lipinski definition) is 3. The molecule has 0 bridgehead atoms. The Labute approximate surface area is 111 Å². The van der Waals surface area contributed by atoms with Crippen LogP contribution in [0.15, 0.2) is 12.4 Å². The molecule has 0 amide bonds. The van der Waals surface area contributed by atoms with Gasteiger partial charge in [0.2, 0.25) is 5.95 Å². The highest BCUT2D eigenvalue weighted by Gasteiger charge is 2.22. The SMILES string of the molecule is CCCc1cnc(N2CCC(C(C)C)CC2)nc1. The van der Waals surface area contributed by atoms with Gasteiger partial charge in [-0.05, 0) is 36.7 Å². The molecule has 3 nitrogen and oxygen atoms in total. The Kier molecular flexibility index (Phi) is 4.56. The Balaban J connectivity index is 1.93. The van der Waals surface area contributed by atoms with Crippen molar-refractivity contribution in [2.24, 2.45) is 11.8 Å². The van der Waals surface area contributed by atoms with Gasteiger partial charge in [0.1, 0.15) is 0 Å². The zero-order valence-electron chi connectivity index (χ0n) is 11.9. The normalized spacial score (nSPS) is 17.4. The number of anilines is 1. The summed E-state index contributed by atoms with van der Waals surface area (Å²) < 4.78 is 0. The van der Waals surface area contributed by atoms with E-state index < -0.39 is 0 Å². The predicted octanol–water partition coefficient (Wildman–Crippen LogP) is 3.30. The molecule has 2 heterocycles. The van der Waals surface area contributed by atoms with Gasteiger partial charge in [0, 0.05) is 25.5 Å². The molecule has 3 heteroatoms. The lowest BCUT2D eigenvalue weighted by Crippen LogP contribution is -2.36. The van der Waals surface area contributed by atoms with Crippen LogP contribution in [-0.4, -0.2) is 23.1 Å². The maximum atomic E-state index is 4.51. The zero-order valence-corrected chi connectivity index (χ0v) is 11.9. The quantitative estimate of drug-likeness (QED) is 0.817. The predicted molar refractivity (Wildman–Crippen MR) is 75.8 cm³/mol. The lowest BCUT2D eigenvalue weighted by molar-refractivity contribution is 0.310. The molecule has 0 atom stereocenters. The third kappa shape index (κ3) is 3.21. The number of nitrogens with zero attached hydrogens (tertiary/aromatic N) is 3. The molecule has 0 radical (unpaired) electrons. The van der Waals surface area contributed by atoms with Gasteiger partial charge < -0.3 is 4.90 Å². The fourth-order valence-electron chi connectivity index (χ4n) is 2.70. The van der Waals surface area contributed by atoms with Gasteiger partial charge in [-0.3, -0.25) is 0 Å². The van der Waals surface area contributed by atoms with Gasteiger partial charge in [-0.1, -0.05) is 27.2 Å². The summed E-state index contributed by atoms with van der Waals surface area (Å²) in [4.78, 5) is 11.3. The van der Waals surface area contributed by atoms with Crippen LogP contribution in [0, 0.1) is 11.8 Å². The summed E-state index contributed by atoms with van der Waals surface area (Å²) in [6, 6.07) is 0. The van der Waals surface area contributed by atoms with Crippen molar-refractivity contribution >= 4 is 5.95 Å². The van der Waals surface area contributed by atoms with Crippen molar-refractivity contribution < 1.29 is 0 Å². The molecule has 1 aromatic rings. The molecule has 1 fully saturated rings. The molecular weight excluding hydrogens is 222 g/mol. The van der Waals surface area contributed by atoms with Crippen LogP contribution in [0.2, 0.25) is 0 Å². The molecule has 18 heavy (non-hydrogen) atoms. The van der Waals surface area contributed by atoms with E-state index in [0.717, 1.165) is 43.7 Å². The monoisotopic (exact) mass is 247 g/mol. The van der Waals surface area contributed by atoms with Crippen LogP contribution in [0.1, 0.15) is 45.6 Å². The standard InChI is InChI=1S/C15H25N3/c1-4-5-13-10-16-15(17-11-13)18-8-6-14(7-9-18)12(2)3/h10-12,14H,4-9H2,1-3H3. The molecule has 0 saturated carbocycles. The van der Waals surface area contributed by atoms with Gasteiger partial charge in [0.05, 0.1) is 0 Å². The largest absolute Gasteiger partial charge is 0.341 e. The fraction of sp³-hybridized carbons (Fsp3) is 0.733. The molecular formula is C15H25N3. The first-order valence-corrected chi connectivity index (χ1v) is 7.26. The van der Waals surface area contributed by atoms with Crippen molar-refractivity contribution in [1.29, 1.82) is 0 Å². The first-order chi connectivity index (χ1) is 8.70. The second kappa shape index (κ2) is 6.17. The lowest BCUT2D eigenvalue weighted by atomic mass is 9.87. The third-order valence-corrected chi connectivity index (χ3v) is 4.00. The molecule has 1 saturated heterocycles. The minimum Gasteiger partial charge on any atom is -0.341 e. The van der Waals surface area contributed by atoms with E-state index in [4.69, 9.17) is 0 Å². The van der Waals surface area contributed by atoms with Crippen LogP contribution < -0.4 is 4.90 Å². The summed E-state index contributed by atoms with van der Waals surface area (Å²) in [5.41, 5.74) is 1.25. The van der Waals surface area contributed by atoms with Crippen LogP contribution in [0.3, 0.4) is 0 Å². The van der Waals surface area contributed by atoms with Crippen molar-refractivity contribution in [3.63, 3.8) is 0 Å². The van der Waals surface area contributed by atoms with E-state index in [0.29, 0.717) is 0 Å². The summed E-state index contributed by atoms with van der Waals surface area (Å²) >= 11 is 0. The molecule has 0 spiro atoms. The highest BCUT2D eigenvalue weighted by atomic mass is 15.2. The second-order valence-electron chi connectivity index (χ2n) is 5.71. The average molecular weight is 247 g/mol. The summed E-state index contributed by atoms with van der Waals surface area (Å²) in [6.45, 7) is 9.06. The van der Waals surface area contributed by atoms with Crippen LogP contribution in [-0.2, 0) is 6.42 Å². The van der Waals surface area contributed by atoms with Crippen LogP contribution >= 0.6 is 0 Å². The molecule has 0 aliphatic carbocycles. The summed E-state index contributed by atoms with van der Waals surface area (Å²) in [6.07, 6.45) is 8.76. The van der Waals surface area contributed by atoms with E-state index in [1.807, 2.05) is 12.4 Å². The third-order valence-electron chi connectivity index (χ3n) is 4.00. The van der Waals surface area contributed by atoms with E-state index in [-0.39, 0.29) is 0 Å². The molecule has 1 aliphatic heterocycles. The number of hydrogen-bond donors (Lipinski definition) is 0. The van der Waals surface area contributed by atoms with Crippen LogP contribution in [0.4, 0.5) is 5.95 Å². The van der Waals surface area contributed by atoms with Gasteiger partial charge in [-0.15, -0.1) is 0 Å². The number of aryl methyl sites for hydroxylation is 1. The van der Waals surface area contributed by atoms with Crippen molar-refractivity contribution in [3.8, 4) is 0 Å². The molecule has 2 rings (SSSR count). The van der Waals surface area contributed by atoms with Crippen molar-refractivity contribution in [2.75, 3.05) is 18.0 Å². The van der Waals surface area contributed by atoms with E-state index in [1.165, 1.54) is 18.4 Å². The summed E-state index contributed by atoms with van der Waals surface area (Å²) in [5, 5.41) is 0. The van der Waals surface area contributed by atoms with E-state index >= 15 is 0 Å². The minimum absolute atomic E-state index is 0.806. The lowest BCUT2D eigenvalue weighted by Gasteiger charge is -2.33. The van der Waals surface area contributed by atoms with E-state index in [9.17, 15) is 0 Å². The Bertz CT molecular complexity index is 351. The van der Waals surface area contributed by atoms with E-state index in [1.54, 1.807) is 0 Å². The molecule has 1 aliphatic rings. The molecule has 1 aromatic heterocycles. The average Bonchev–Trinajstić information content (AvgIpc) is 2.40. The summed E-state index contributed by atoms with van der Waals surface area (Å²) in [7, 11) is 0. The van der Waals surface area contributed by atoms with Crippen LogP contribution in [0.5, 0.6) is 0 Å². The zero-order chi connectivity index (χ0) is 13.0.